The van der Waals surface area contributed by atoms with Gasteiger partial charge in [-0.15, -0.1) is 0 Å². The molecule has 9 heteroatoms. The van der Waals surface area contributed by atoms with Crippen molar-refractivity contribution in [3.05, 3.63) is 10.8 Å². The second-order valence-corrected chi connectivity index (χ2v) is 9.18. The van der Waals surface area contributed by atoms with E-state index < -0.39 is 23.4 Å². The number of hydrogen-bond donors (Lipinski definition) is 0. The molecule has 2 rings (SSSR count). The molecule has 164 valence electrons. The van der Waals surface area contributed by atoms with E-state index in [1.165, 1.54) is 6.20 Å². The van der Waals surface area contributed by atoms with E-state index in [2.05, 4.69) is 25.9 Å². The number of aromatic nitrogens is 2. The molecule has 1 fully saturated rings. The van der Waals surface area contributed by atoms with Crippen LogP contribution in [-0.4, -0.2) is 40.0 Å². The summed E-state index contributed by atoms with van der Waals surface area (Å²) in [7, 11) is 0. The van der Waals surface area contributed by atoms with Gasteiger partial charge in [-0.25, -0.2) is 19.6 Å². The van der Waals surface area contributed by atoms with Crippen molar-refractivity contribution in [2.24, 2.45) is 5.92 Å². The van der Waals surface area contributed by atoms with Crippen LogP contribution in [-0.2, 0) is 9.47 Å². The van der Waals surface area contributed by atoms with Gasteiger partial charge in [0, 0.05) is 0 Å². The van der Waals surface area contributed by atoms with Crippen molar-refractivity contribution in [2.45, 2.75) is 79.4 Å². The van der Waals surface area contributed by atoms with E-state index in [9.17, 15) is 9.59 Å². The van der Waals surface area contributed by atoms with Gasteiger partial charge in [0.05, 0.1) is 12.8 Å². The Morgan fingerprint density at radius 1 is 1.07 bits per heavy atom. The Labute approximate surface area is 181 Å². The highest BCUT2D eigenvalue weighted by Crippen LogP contribution is 2.33. The smallest absolute Gasteiger partial charge is 0.425 e. The Bertz CT molecular complexity index is 681. The van der Waals surface area contributed by atoms with Gasteiger partial charge in [0.15, 0.2) is 0 Å². The number of amides is 2. The molecule has 1 aliphatic rings. The minimum atomic E-state index is -0.912. The van der Waals surface area contributed by atoms with Crippen LogP contribution in [0.2, 0.25) is 0 Å². The fourth-order valence-electron chi connectivity index (χ4n) is 1.94. The lowest BCUT2D eigenvalue weighted by molar-refractivity contribution is 0.0426. The van der Waals surface area contributed by atoms with Gasteiger partial charge in [-0.2, -0.15) is 4.90 Å². The third kappa shape index (κ3) is 8.97. The Hall–Kier alpha value is -1.90. The quantitative estimate of drug-likeness (QED) is 0.550. The summed E-state index contributed by atoms with van der Waals surface area (Å²) in [5, 5.41) is 0. The standard InChI is InChI=1S/C18H26BrN3O5.C2H6/c1-17(2,3)26-15(23)22(16(24)27-18(4,5)6)13-14(21-12(19)9-20-13)25-10-11-7-8-11;1-2/h9,11H,7-8,10H2,1-6H3;1-2H3. The van der Waals surface area contributed by atoms with Gasteiger partial charge in [0.2, 0.25) is 5.82 Å². The van der Waals surface area contributed by atoms with E-state index in [-0.39, 0.29) is 11.7 Å². The Morgan fingerprint density at radius 2 is 1.55 bits per heavy atom. The third-order valence-corrected chi connectivity index (χ3v) is 3.59. The largest absolute Gasteiger partial charge is 0.475 e. The van der Waals surface area contributed by atoms with Crippen LogP contribution in [0, 0.1) is 5.92 Å². The molecule has 0 unspecified atom stereocenters. The van der Waals surface area contributed by atoms with Crippen molar-refractivity contribution in [2.75, 3.05) is 11.5 Å². The van der Waals surface area contributed by atoms with Gasteiger partial charge in [0.1, 0.15) is 15.8 Å². The summed E-state index contributed by atoms with van der Waals surface area (Å²) in [4.78, 5) is 34.6. The molecule has 0 aromatic carbocycles. The average Bonchev–Trinajstić information content (AvgIpc) is 3.37. The van der Waals surface area contributed by atoms with Gasteiger partial charge in [-0.3, -0.25) is 0 Å². The highest BCUT2D eigenvalue weighted by atomic mass is 79.9. The number of ether oxygens (including phenoxy) is 3. The first kappa shape index (κ1) is 25.1. The molecule has 0 N–H and O–H groups in total. The van der Waals surface area contributed by atoms with Crippen LogP contribution in [0.1, 0.15) is 68.2 Å². The summed E-state index contributed by atoms with van der Waals surface area (Å²) in [5.74, 6) is 0.450. The maximum atomic E-state index is 12.7. The lowest BCUT2D eigenvalue weighted by Crippen LogP contribution is -2.44. The molecule has 1 aliphatic carbocycles. The molecule has 1 heterocycles. The summed E-state index contributed by atoms with van der Waals surface area (Å²) >= 11 is 3.24. The Balaban J connectivity index is 0.00000204. The second kappa shape index (κ2) is 10.2. The monoisotopic (exact) mass is 473 g/mol. The number of imide groups is 1. The van der Waals surface area contributed by atoms with E-state index in [4.69, 9.17) is 14.2 Å². The molecule has 29 heavy (non-hydrogen) atoms. The maximum absolute atomic E-state index is 12.7. The molecule has 0 radical (unpaired) electrons. The van der Waals surface area contributed by atoms with Crippen LogP contribution < -0.4 is 9.64 Å². The lowest BCUT2D eigenvalue weighted by Gasteiger charge is -2.28. The zero-order valence-corrected chi connectivity index (χ0v) is 20.1. The molecule has 1 saturated carbocycles. The molecule has 1 aromatic heterocycles. The topological polar surface area (TPSA) is 90.9 Å². The van der Waals surface area contributed by atoms with Crippen LogP contribution in [0.15, 0.2) is 10.8 Å². The predicted octanol–water partition coefficient (Wildman–Crippen LogP) is 5.73. The molecular formula is C20H32BrN3O5. The van der Waals surface area contributed by atoms with Crippen molar-refractivity contribution in [3.63, 3.8) is 0 Å². The molecule has 0 aliphatic heterocycles. The number of nitrogens with zero attached hydrogens (tertiary/aromatic N) is 3. The summed E-state index contributed by atoms with van der Waals surface area (Å²) in [6.07, 6.45) is 1.72. The summed E-state index contributed by atoms with van der Waals surface area (Å²) in [5.41, 5.74) is -1.62. The minimum Gasteiger partial charge on any atom is -0.475 e. The summed E-state index contributed by atoms with van der Waals surface area (Å²) in [6.45, 7) is 14.7. The Morgan fingerprint density at radius 3 is 1.97 bits per heavy atom. The SMILES string of the molecule is CC.CC(C)(C)OC(=O)N(C(=O)OC(C)(C)C)c1ncc(Br)nc1OCC1CC1. The number of hydrogen-bond acceptors (Lipinski definition) is 7. The van der Waals surface area contributed by atoms with Gasteiger partial charge >= 0.3 is 12.2 Å². The fourth-order valence-corrected chi connectivity index (χ4v) is 2.20. The molecule has 0 atom stereocenters. The third-order valence-electron chi connectivity index (χ3n) is 3.21. The normalized spacial score (nSPS) is 13.7. The highest BCUT2D eigenvalue weighted by Gasteiger charge is 2.36. The fraction of sp³-hybridized carbons (Fsp3) is 0.700. The summed E-state index contributed by atoms with van der Waals surface area (Å²) < 4.78 is 16.9. The molecule has 2 amide bonds. The zero-order chi connectivity index (χ0) is 22.4. The van der Waals surface area contributed by atoms with E-state index in [1.54, 1.807) is 41.5 Å². The maximum Gasteiger partial charge on any atom is 0.425 e. The van der Waals surface area contributed by atoms with Crippen molar-refractivity contribution >= 4 is 33.9 Å². The van der Waals surface area contributed by atoms with E-state index in [1.807, 2.05) is 13.8 Å². The minimum absolute atomic E-state index is 0.0630. The van der Waals surface area contributed by atoms with Gasteiger partial charge in [-0.1, -0.05) is 13.8 Å². The van der Waals surface area contributed by atoms with E-state index in [0.29, 0.717) is 17.1 Å². The first-order valence-electron chi connectivity index (χ1n) is 9.77. The van der Waals surface area contributed by atoms with Crippen molar-refractivity contribution < 1.29 is 23.8 Å². The molecule has 1 aromatic rings. The number of carbonyl (C=O) groups is 2. The molecule has 8 nitrogen and oxygen atoms in total. The molecule has 0 saturated heterocycles. The highest BCUT2D eigenvalue weighted by molar-refractivity contribution is 9.10. The predicted molar refractivity (Wildman–Crippen MR) is 114 cm³/mol. The number of halogens is 1. The number of carbonyl (C=O) groups excluding carboxylic acids is 2. The van der Waals surface area contributed by atoms with Crippen molar-refractivity contribution in [3.8, 4) is 5.88 Å². The number of rotatable bonds is 4. The summed E-state index contributed by atoms with van der Waals surface area (Å²) in [6, 6.07) is 0. The Kier molecular flexibility index (Phi) is 8.86. The van der Waals surface area contributed by atoms with E-state index >= 15 is 0 Å². The first-order chi connectivity index (χ1) is 13.4. The van der Waals surface area contributed by atoms with Crippen molar-refractivity contribution in [1.82, 2.24) is 9.97 Å². The van der Waals surface area contributed by atoms with Crippen LogP contribution in [0.3, 0.4) is 0 Å². The zero-order valence-electron chi connectivity index (χ0n) is 18.5. The van der Waals surface area contributed by atoms with Crippen LogP contribution in [0.4, 0.5) is 15.4 Å². The number of anilines is 1. The molecule has 0 bridgehead atoms. The van der Waals surface area contributed by atoms with Crippen LogP contribution in [0.25, 0.3) is 0 Å². The average molecular weight is 474 g/mol. The van der Waals surface area contributed by atoms with Crippen LogP contribution >= 0.6 is 15.9 Å². The van der Waals surface area contributed by atoms with Gasteiger partial charge in [-0.05, 0) is 76.2 Å². The lowest BCUT2D eigenvalue weighted by atomic mass is 10.2. The first-order valence-corrected chi connectivity index (χ1v) is 10.6. The van der Waals surface area contributed by atoms with E-state index in [0.717, 1.165) is 17.7 Å². The van der Waals surface area contributed by atoms with Gasteiger partial charge < -0.3 is 14.2 Å². The molecule has 0 spiro atoms. The molecular weight excluding hydrogens is 442 g/mol. The second-order valence-electron chi connectivity index (χ2n) is 8.37. The van der Waals surface area contributed by atoms with Crippen molar-refractivity contribution in [1.29, 1.82) is 0 Å². The van der Waals surface area contributed by atoms with Crippen LogP contribution in [0.5, 0.6) is 5.88 Å². The van der Waals surface area contributed by atoms with Gasteiger partial charge in [0.25, 0.3) is 5.88 Å².